The fourth-order valence-corrected chi connectivity index (χ4v) is 3.51. The highest BCUT2D eigenvalue weighted by Gasteiger charge is 2.20. The Labute approximate surface area is 173 Å². The van der Waals surface area contributed by atoms with Gasteiger partial charge in [0.15, 0.2) is 0 Å². The first-order valence-electron chi connectivity index (χ1n) is 8.90. The van der Waals surface area contributed by atoms with Crippen molar-refractivity contribution in [1.29, 1.82) is 0 Å². The summed E-state index contributed by atoms with van der Waals surface area (Å²) in [7, 11) is 0. The maximum Gasteiger partial charge on any atom is 0.343 e. The standard InChI is InChI=1S/C20H19ClN2O4S/c1-13-8-10-22(11-9-13)19(28)14-2-5-16(6-3-14)27-20(24)15-4-7-17(21)18(12-15)23(25)26/h2-7,12-13H,8-11H2,1H3. The molecule has 0 bridgehead atoms. The van der Waals surface area contributed by atoms with Gasteiger partial charge in [-0.15, -0.1) is 0 Å². The van der Waals surface area contributed by atoms with Crippen molar-refractivity contribution in [2.45, 2.75) is 19.8 Å². The number of esters is 1. The average molecular weight is 419 g/mol. The van der Waals surface area contributed by atoms with E-state index in [2.05, 4.69) is 11.8 Å². The summed E-state index contributed by atoms with van der Waals surface area (Å²) in [6.07, 6.45) is 2.26. The SMILES string of the molecule is CC1CCN(C(=S)c2ccc(OC(=O)c3ccc(Cl)c([N+](=O)[O-])c3)cc2)CC1. The molecule has 1 heterocycles. The minimum absolute atomic E-state index is 0.0356. The van der Waals surface area contributed by atoms with Gasteiger partial charge in [-0.05, 0) is 55.2 Å². The second kappa shape index (κ2) is 8.67. The second-order valence-electron chi connectivity index (χ2n) is 6.81. The van der Waals surface area contributed by atoms with Gasteiger partial charge >= 0.3 is 5.97 Å². The van der Waals surface area contributed by atoms with E-state index in [1.54, 1.807) is 12.1 Å². The number of hydrogen-bond acceptors (Lipinski definition) is 5. The highest BCUT2D eigenvalue weighted by atomic mass is 35.5. The normalized spacial score (nSPS) is 14.6. The zero-order valence-electron chi connectivity index (χ0n) is 15.3. The number of hydrogen-bond donors (Lipinski definition) is 0. The van der Waals surface area contributed by atoms with Crippen molar-refractivity contribution in [3.63, 3.8) is 0 Å². The topological polar surface area (TPSA) is 72.7 Å². The summed E-state index contributed by atoms with van der Waals surface area (Å²) < 4.78 is 5.31. The lowest BCUT2D eigenvalue weighted by atomic mass is 9.99. The first-order valence-corrected chi connectivity index (χ1v) is 9.69. The Balaban J connectivity index is 1.67. The Hall–Kier alpha value is -2.51. The molecule has 1 aliphatic heterocycles. The van der Waals surface area contributed by atoms with Crippen LogP contribution in [0.15, 0.2) is 42.5 Å². The van der Waals surface area contributed by atoms with Crippen LogP contribution in [0, 0.1) is 16.0 Å². The summed E-state index contributed by atoms with van der Waals surface area (Å²) in [5, 5.41) is 10.9. The number of benzene rings is 2. The summed E-state index contributed by atoms with van der Waals surface area (Å²) in [6, 6.07) is 10.7. The Kier molecular flexibility index (Phi) is 6.26. The Bertz CT molecular complexity index is 909. The number of thiocarbonyl (C=S) groups is 1. The number of likely N-dealkylation sites (tertiary alicyclic amines) is 1. The van der Waals surface area contributed by atoms with Crippen LogP contribution < -0.4 is 4.74 Å². The third kappa shape index (κ3) is 4.66. The molecule has 0 spiro atoms. The molecule has 8 heteroatoms. The Morgan fingerprint density at radius 1 is 1.18 bits per heavy atom. The zero-order valence-corrected chi connectivity index (χ0v) is 16.8. The number of piperidine rings is 1. The lowest BCUT2D eigenvalue weighted by Gasteiger charge is -2.32. The highest BCUT2D eigenvalue weighted by Crippen LogP contribution is 2.26. The van der Waals surface area contributed by atoms with Gasteiger partial charge in [0.25, 0.3) is 5.69 Å². The number of rotatable bonds is 4. The second-order valence-corrected chi connectivity index (χ2v) is 7.61. The van der Waals surface area contributed by atoms with Gasteiger partial charge in [-0.3, -0.25) is 10.1 Å². The number of carbonyl (C=O) groups excluding carboxylic acids is 1. The number of nitrogens with zero attached hydrogens (tertiary/aromatic N) is 2. The van der Waals surface area contributed by atoms with Crippen molar-refractivity contribution < 1.29 is 14.5 Å². The van der Waals surface area contributed by atoms with Crippen molar-refractivity contribution in [3.05, 3.63) is 68.7 Å². The van der Waals surface area contributed by atoms with Crippen molar-refractivity contribution in [2.24, 2.45) is 5.92 Å². The first kappa shape index (κ1) is 20.2. The van der Waals surface area contributed by atoms with E-state index in [4.69, 9.17) is 28.6 Å². The molecule has 2 aromatic carbocycles. The lowest BCUT2D eigenvalue weighted by Crippen LogP contribution is -2.37. The van der Waals surface area contributed by atoms with E-state index in [0.29, 0.717) is 5.75 Å². The predicted octanol–water partition coefficient (Wildman–Crippen LogP) is 4.87. The molecule has 0 amide bonds. The number of halogens is 1. The van der Waals surface area contributed by atoms with Gasteiger partial charge in [-0.2, -0.15) is 0 Å². The summed E-state index contributed by atoms with van der Waals surface area (Å²) in [6.45, 7) is 4.15. The van der Waals surface area contributed by atoms with Gasteiger partial charge < -0.3 is 9.64 Å². The first-order chi connectivity index (χ1) is 13.3. The van der Waals surface area contributed by atoms with Crippen LogP contribution in [-0.2, 0) is 0 Å². The van der Waals surface area contributed by atoms with Gasteiger partial charge in [-0.1, -0.05) is 30.7 Å². The molecule has 1 saturated heterocycles. The fourth-order valence-electron chi connectivity index (χ4n) is 3.01. The van der Waals surface area contributed by atoms with E-state index in [1.165, 1.54) is 12.1 Å². The van der Waals surface area contributed by atoms with Gasteiger partial charge in [0.05, 0.1) is 10.5 Å². The highest BCUT2D eigenvalue weighted by molar-refractivity contribution is 7.80. The summed E-state index contributed by atoms with van der Waals surface area (Å²) in [5.74, 6) is 0.367. The van der Waals surface area contributed by atoms with Gasteiger partial charge in [0.1, 0.15) is 15.8 Å². The van der Waals surface area contributed by atoms with Crippen LogP contribution in [0.5, 0.6) is 5.75 Å². The molecule has 0 atom stereocenters. The predicted molar refractivity (Wildman–Crippen MR) is 111 cm³/mol. The molecular formula is C20H19ClN2O4S. The molecule has 6 nitrogen and oxygen atoms in total. The van der Waals surface area contributed by atoms with E-state index < -0.39 is 10.9 Å². The molecular weight excluding hydrogens is 400 g/mol. The Morgan fingerprint density at radius 3 is 2.39 bits per heavy atom. The molecule has 0 aliphatic carbocycles. The van der Waals surface area contributed by atoms with Crippen molar-refractivity contribution in [1.82, 2.24) is 4.90 Å². The molecule has 0 unspecified atom stereocenters. The quantitative estimate of drug-likeness (QED) is 0.232. The number of carbonyl (C=O) groups is 1. The molecule has 0 radical (unpaired) electrons. The molecule has 2 aromatic rings. The zero-order chi connectivity index (χ0) is 20.3. The lowest BCUT2D eigenvalue weighted by molar-refractivity contribution is -0.384. The molecule has 28 heavy (non-hydrogen) atoms. The van der Waals surface area contributed by atoms with Gasteiger partial charge in [-0.25, -0.2) is 4.79 Å². The monoisotopic (exact) mass is 418 g/mol. The van der Waals surface area contributed by atoms with Crippen LogP contribution in [0.25, 0.3) is 0 Å². The summed E-state index contributed by atoms with van der Waals surface area (Å²) in [4.78, 5) is 25.6. The van der Waals surface area contributed by atoms with E-state index in [0.717, 1.165) is 48.5 Å². The Morgan fingerprint density at radius 2 is 1.79 bits per heavy atom. The van der Waals surface area contributed by atoms with Crippen LogP contribution in [0.4, 0.5) is 5.69 Å². The molecule has 1 fully saturated rings. The third-order valence-electron chi connectivity index (χ3n) is 4.76. The van der Waals surface area contributed by atoms with E-state index >= 15 is 0 Å². The van der Waals surface area contributed by atoms with Gasteiger partial charge in [0.2, 0.25) is 0 Å². The maximum absolute atomic E-state index is 12.3. The molecule has 0 aromatic heterocycles. The van der Waals surface area contributed by atoms with Gasteiger partial charge in [0, 0.05) is 24.7 Å². The van der Waals surface area contributed by atoms with Crippen LogP contribution in [0.3, 0.4) is 0 Å². The van der Waals surface area contributed by atoms with E-state index in [9.17, 15) is 14.9 Å². The number of nitro benzene ring substituents is 1. The molecule has 146 valence electrons. The number of ether oxygens (including phenoxy) is 1. The van der Waals surface area contributed by atoms with Crippen LogP contribution in [-0.4, -0.2) is 33.9 Å². The largest absolute Gasteiger partial charge is 0.423 e. The van der Waals surface area contributed by atoms with Crippen molar-refractivity contribution in [3.8, 4) is 5.75 Å². The van der Waals surface area contributed by atoms with Crippen molar-refractivity contribution >= 4 is 40.5 Å². The van der Waals surface area contributed by atoms with E-state index in [-0.39, 0.29) is 16.3 Å². The minimum Gasteiger partial charge on any atom is -0.423 e. The summed E-state index contributed by atoms with van der Waals surface area (Å²) in [5.41, 5.74) is 0.609. The minimum atomic E-state index is -0.694. The molecule has 3 rings (SSSR count). The number of nitro groups is 1. The molecule has 0 N–H and O–H groups in total. The van der Waals surface area contributed by atoms with E-state index in [1.807, 2.05) is 12.1 Å². The van der Waals surface area contributed by atoms with Crippen LogP contribution in [0.1, 0.15) is 35.7 Å². The molecule has 0 saturated carbocycles. The van der Waals surface area contributed by atoms with Crippen molar-refractivity contribution in [2.75, 3.05) is 13.1 Å². The fraction of sp³-hybridized carbons (Fsp3) is 0.300. The average Bonchev–Trinajstić information content (AvgIpc) is 2.68. The third-order valence-corrected chi connectivity index (χ3v) is 5.57. The van der Waals surface area contributed by atoms with Crippen LogP contribution in [0.2, 0.25) is 5.02 Å². The maximum atomic E-state index is 12.3. The summed E-state index contributed by atoms with van der Waals surface area (Å²) >= 11 is 11.3. The smallest absolute Gasteiger partial charge is 0.343 e. The molecule has 1 aliphatic rings. The van der Waals surface area contributed by atoms with Crippen LogP contribution >= 0.6 is 23.8 Å².